The highest BCUT2D eigenvalue weighted by atomic mass is 28.3. The van der Waals surface area contributed by atoms with Crippen molar-refractivity contribution in [2.45, 2.75) is 38.2 Å². The Bertz CT molecular complexity index is 391. The Balaban J connectivity index is 2.19. The van der Waals surface area contributed by atoms with E-state index in [-0.39, 0.29) is 0 Å². The molecule has 1 aliphatic carbocycles. The monoisotopic (exact) mass is 258 g/mol. The van der Waals surface area contributed by atoms with Gasteiger partial charge in [-0.25, -0.2) is 0 Å². The molecule has 0 radical (unpaired) electrons. The highest BCUT2D eigenvalue weighted by Crippen LogP contribution is 2.61. The molecule has 0 spiro atoms. The molecule has 4 heteroatoms. The fourth-order valence-corrected chi connectivity index (χ4v) is 6.09. The van der Waals surface area contributed by atoms with Crippen LogP contribution >= 0.6 is 0 Å². The van der Waals surface area contributed by atoms with E-state index in [2.05, 4.69) is 0 Å². The Labute approximate surface area is 101 Å². The van der Waals surface area contributed by atoms with Crippen LogP contribution in [-0.2, 0) is 0 Å². The second kappa shape index (κ2) is 3.87. The summed E-state index contributed by atoms with van der Waals surface area (Å²) in [6, 6.07) is 10.0. The predicted octanol–water partition coefficient (Wildman–Crippen LogP) is 3.94. The molecular formula is C13H17F3Si. The molecule has 1 aliphatic rings. The van der Waals surface area contributed by atoms with Gasteiger partial charge < -0.3 is 0 Å². The summed E-state index contributed by atoms with van der Waals surface area (Å²) in [5, 5.41) is 1.12. The molecule has 0 N–H and O–H groups in total. The molecule has 1 fully saturated rings. The van der Waals surface area contributed by atoms with Crippen molar-refractivity contribution in [1.82, 2.24) is 0 Å². The quantitative estimate of drug-likeness (QED) is 0.720. The van der Waals surface area contributed by atoms with E-state index in [1.165, 1.54) is 0 Å². The topological polar surface area (TPSA) is 0 Å². The predicted molar refractivity (Wildman–Crippen MR) is 66.1 cm³/mol. The van der Waals surface area contributed by atoms with Gasteiger partial charge in [-0.1, -0.05) is 48.6 Å². The zero-order valence-corrected chi connectivity index (χ0v) is 11.1. The number of hydrogen-bond donors (Lipinski definition) is 0. The first kappa shape index (κ1) is 12.7. The van der Waals surface area contributed by atoms with Gasteiger partial charge in [-0.15, -0.1) is 0 Å². The number of alkyl halides is 3. The van der Waals surface area contributed by atoms with E-state index >= 15 is 0 Å². The lowest BCUT2D eigenvalue weighted by Crippen LogP contribution is -2.45. The minimum atomic E-state index is -4.02. The molecule has 0 nitrogen and oxygen atoms in total. The number of hydrogen-bond acceptors (Lipinski definition) is 0. The first-order valence-corrected chi connectivity index (χ1v) is 9.10. The average molecular weight is 258 g/mol. The van der Waals surface area contributed by atoms with Crippen LogP contribution in [0.25, 0.3) is 0 Å². The summed E-state index contributed by atoms with van der Waals surface area (Å²) < 4.78 is 38.9. The van der Waals surface area contributed by atoms with Gasteiger partial charge in [-0.3, -0.25) is 0 Å². The van der Waals surface area contributed by atoms with Crippen LogP contribution in [0.3, 0.4) is 0 Å². The second-order valence-corrected chi connectivity index (χ2v) is 10.4. The third-order valence-electron chi connectivity index (χ3n) is 3.79. The Hall–Kier alpha value is -0.773. The maximum Gasteiger partial charge on any atom is 0.394 e. The van der Waals surface area contributed by atoms with E-state index in [0.29, 0.717) is 18.9 Å². The van der Waals surface area contributed by atoms with Crippen molar-refractivity contribution in [3.8, 4) is 0 Å². The summed E-state index contributed by atoms with van der Waals surface area (Å²) in [5.41, 5.74) is -1.36. The van der Waals surface area contributed by atoms with Crippen molar-refractivity contribution in [2.24, 2.45) is 5.41 Å². The molecule has 0 unspecified atom stereocenters. The SMILES string of the molecule is C[Si](C)(CC1(C(F)(F)F)CC1)c1ccccc1. The summed E-state index contributed by atoms with van der Waals surface area (Å²) in [5.74, 6) is 0. The molecular weight excluding hydrogens is 241 g/mol. The van der Waals surface area contributed by atoms with Gasteiger partial charge in [-0.2, -0.15) is 13.2 Å². The van der Waals surface area contributed by atoms with Crippen molar-refractivity contribution in [3.05, 3.63) is 30.3 Å². The van der Waals surface area contributed by atoms with E-state index in [4.69, 9.17) is 0 Å². The standard InChI is InChI=1S/C13H17F3Si/c1-17(2,11-6-4-3-5-7-11)10-12(8-9-12)13(14,15)16/h3-7H,8-10H2,1-2H3. The molecule has 0 amide bonds. The molecule has 0 atom stereocenters. The summed E-state index contributed by atoms with van der Waals surface area (Å²) in [6.45, 7) is 4.07. The zero-order chi connectivity index (χ0) is 12.7. The molecule has 0 heterocycles. The van der Waals surface area contributed by atoms with Gasteiger partial charge in [0.15, 0.2) is 0 Å². The maximum absolute atomic E-state index is 13.0. The summed E-state index contributed by atoms with van der Waals surface area (Å²) >= 11 is 0. The molecule has 17 heavy (non-hydrogen) atoms. The summed E-state index contributed by atoms with van der Waals surface area (Å²) in [7, 11) is -1.98. The molecule has 1 aromatic carbocycles. The van der Waals surface area contributed by atoms with E-state index < -0.39 is 19.7 Å². The fraction of sp³-hybridized carbons (Fsp3) is 0.538. The lowest BCUT2D eigenvalue weighted by atomic mass is 10.1. The number of rotatable bonds is 3. The Morgan fingerprint density at radius 3 is 2.06 bits per heavy atom. The normalized spacial score (nSPS) is 19.1. The lowest BCUT2D eigenvalue weighted by molar-refractivity contribution is -0.181. The molecule has 0 aliphatic heterocycles. The molecule has 94 valence electrons. The molecule has 0 bridgehead atoms. The van der Waals surface area contributed by atoms with Crippen LogP contribution in [0.4, 0.5) is 13.2 Å². The molecule has 0 saturated heterocycles. The van der Waals surface area contributed by atoms with Crippen molar-refractivity contribution in [2.75, 3.05) is 0 Å². The first-order valence-electron chi connectivity index (χ1n) is 5.89. The van der Waals surface area contributed by atoms with Crippen molar-refractivity contribution >= 4 is 13.3 Å². The highest BCUT2D eigenvalue weighted by molar-refractivity contribution is 6.89. The zero-order valence-electron chi connectivity index (χ0n) is 10.1. The van der Waals surface area contributed by atoms with Crippen LogP contribution in [0.2, 0.25) is 19.1 Å². The fourth-order valence-electron chi connectivity index (χ4n) is 2.55. The average Bonchev–Trinajstić information content (AvgIpc) is 2.99. The first-order chi connectivity index (χ1) is 7.77. The second-order valence-electron chi connectivity index (χ2n) is 5.70. The molecule has 2 rings (SSSR count). The Morgan fingerprint density at radius 2 is 1.65 bits per heavy atom. The van der Waals surface area contributed by atoms with Gasteiger partial charge in [0.2, 0.25) is 0 Å². The number of benzene rings is 1. The van der Waals surface area contributed by atoms with E-state index in [1.54, 1.807) is 0 Å². The third-order valence-corrected chi connectivity index (χ3v) is 7.25. The minimum absolute atomic E-state index is 0.319. The highest BCUT2D eigenvalue weighted by Gasteiger charge is 2.64. The Kier molecular flexibility index (Phi) is 2.88. The van der Waals surface area contributed by atoms with Gasteiger partial charge in [0.1, 0.15) is 0 Å². The van der Waals surface area contributed by atoms with Crippen molar-refractivity contribution < 1.29 is 13.2 Å². The molecule has 1 aromatic rings. The van der Waals surface area contributed by atoms with Crippen LogP contribution in [0, 0.1) is 5.41 Å². The third kappa shape index (κ3) is 2.41. The molecule has 0 aromatic heterocycles. The van der Waals surface area contributed by atoms with Gasteiger partial charge in [0.05, 0.1) is 13.5 Å². The minimum Gasteiger partial charge on any atom is -0.171 e. The van der Waals surface area contributed by atoms with E-state index in [1.807, 2.05) is 43.4 Å². The summed E-state index contributed by atoms with van der Waals surface area (Å²) in [4.78, 5) is 0. The van der Waals surface area contributed by atoms with Gasteiger partial charge in [0.25, 0.3) is 0 Å². The van der Waals surface area contributed by atoms with Gasteiger partial charge >= 0.3 is 6.18 Å². The van der Waals surface area contributed by atoms with Crippen LogP contribution < -0.4 is 5.19 Å². The van der Waals surface area contributed by atoms with Gasteiger partial charge in [-0.05, 0) is 18.9 Å². The smallest absolute Gasteiger partial charge is 0.171 e. The maximum atomic E-state index is 13.0. The van der Waals surface area contributed by atoms with Crippen LogP contribution in [0.15, 0.2) is 30.3 Å². The van der Waals surface area contributed by atoms with Crippen LogP contribution in [0.5, 0.6) is 0 Å². The van der Waals surface area contributed by atoms with Crippen molar-refractivity contribution in [3.63, 3.8) is 0 Å². The van der Waals surface area contributed by atoms with Crippen LogP contribution in [0.1, 0.15) is 12.8 Å². The van der Waals surface area contributed by atoms with Gasteiger partial charge in [0, 0.05) is 0 Å². The van der Waals surface area contributed by atoms with Crippen LogP contribution in [-0.4, -0.2) is 14.3 Å². The lowest BCUT2D eigenvalue weighted by Gasteiger charge is -2.30. The van der Waals surface area contributed by atoms with Crippen molar-refractivity contribution in [1.29, 1.82) is 0 Å². The van der Waals surface area contributed by atoms with E-state index in [0.717, 1.165) is 5.19 Å². The van der Waals surface area contributed by atoms with E-state index in [9.17, 15) is 13.2 Å². The summed E-state index contributed by atoms with van der Waals surface area (Å²) in [6.07, 6.45) is -3.38. The number of halogens is 3. The Morgan fingerprint density at radius 1 is 1.12 bits per heavy atom. The largest absolute Gasteiger partial charge is 0.394 e. The molecule has 1 saturated carbocycles.